The van der Waals surface area contributed by atoms with Crippen molar-refractivity contribution in [2.45, 2.75) is 58.8 Å². The Hall–Kier alpha value is -0.300. The van der Waals surface area contributed by atoms with Crippen molar-refractivity contribution in [3.05, 3.63) is 35.4 Å². The van der Waals surface area contributed by atoms with Crippen LogP contribution in [0.1, 0.15) is 63.0 Å². The first-order chi connectivity index (χ1) is 8.71. The first-order valence-electron chi connectivity index (χ1n) is 7.33. The molecular formula is C17H27Br. The van der Waals surface area contributed by atoms with Crippen molar-refractivity contribution in [2.24, 2.45) is 5.92 Å². The molecule has 1 aromatic rings. The van der Waals surface area contributed by atoms with Crippen LogP contribution in [0.4, 0.5) is 0 Å². The van der Waals surface area contributed by atoms with Gasteiger partial charge in [0.05, 0.1) is 0 Å². The number of hydrogen-bond donors (Lipinski definition) is 0. The summed E-state index contributed by atoms with van der Waals surface area (Å²) in [4.78, 5) is 0. The van der Waals surface area contributed by atoms with E-state index in [-0.39, 0.29) is 0 Å². The molecule has 0 spiro atoms. The summed E-state index contributed by atoms with van der Waals surface area (Å²) in [5.41, 5.74) is 2.88. The van der Waals surface area contributed by atoms with Gasteiger partial charge in [0.1, 0.15) is 0 Å². The molecule has 2 unspecified atom stereocenters. The Labute approximate surface area is 121 Å². The van der Waals surface area contributed by atoms with Crippen molar-refractivity contribution in [3.8, 4) is 0 Å². The molecule has 0 N–H and O–H groups in total. The van der Waals surface area contributed by atoms with Gasteiger partial charge >= 0.3 is 0 Å². The molecule has 0 radical (unpaired) electrons. The normalized spacial score (nSPS) is 14.4. The lowest BCUT2D eigenvalue weighted by Crippen LogP contribution is -2.09. The first-order valence-corrected chi connectivity index (χ1v) is 8.45. The minimum atomic E-state index is 0.673. The second-order valence-electron chi connectivity index (χ2n) is 5.42. The van der Waals surface area contributed by atoms with Crippen LogP contribution < -0.4 is 0 Å². The molecule has 0 saturated heterocycles. The molecular weight excluding hydrogens is 284 g/mol. The summed E-state index contributed by atoms with van der Waals surface area (Å²) < 4.78 is 0. The summed E-state index contributed by atoms with van der Waals surface area (Å²) in [5, 5.41) is 1.08. The van der Waals surface area contributed by atoms with Crippen molar-refractivity contribution < 1.29 is 0 Å². The number of rotatable bonds is 8. The van der Waals surface area contributed by atoms with Crippen molar-refractivity contribution in [1.29, 1.82) is 0 Å². The van der Waals surface area contributed by atoms with Gasteiger partial charge in [-0.15, -0.1) is 0 Å². The highest BCUT2D eigenvalue weighted by molar-refractivity contribution is 9.09. The third kappa shape index (κ3) is 5.14. The highest BCUT2D eigenvalue weighted by Gasteiger charge is 2.16. The largest absolute Gasteiger partial charge is 0.0921 e. The molecule has 18 heavy (non-hydrogen) atoms. The zero-order valence-corrected chi connectivity index (χ0v) is 13.7. The van der Waals surface area contributed by atoms with Crippen molar-refractivity contribution in [1.82, 2.24) is 0 Å². The second-order valence-corrected chi connectivity index (χ2v) is 6.07. The Bertz CT molecular complexity index is 332. The van der Waals surface area contributed by atoms with Gasteiger partial charge in [0.25, 0.3) is 0 Å². The lowest BCUT2D eigenvalue weighted by molar-refractivity contribution is 0.397. The third-order valence-corrected chi connectivity index (χ3v) is 4.64. The minimum absolute atomic E-state index is 0.673. The number of unbranched alkanes of at least 4 members (excludes halogenated alkanes) is 1. The van der Waals surface area contributed by atoms with E-state index in [2.05, 4.69) is 61.0 Å². The summed E-state index contributed by atoms with van der Waals surface area (Å²) in [6.45, 7) is 6.81. The lowest BCUT2D eigenvalue weighted by atomic mass is 9.85. The van der Waals surface area contributed by atoms with Crippen LogP contribution >= 0.6 is 15.9 Å². The fraction of sp³-hybridized carbons (Fsp3) is 0.647. The Morgan fingerprint density at radius 1 is 1.22 bits per heavy atom. The topological polar surface area (TPSA) is 0 Å². The smallest absolute Gasteiger partial charge is 0.0100 e. The zero-order chi connectivity index (χ0) is 13.4. The number of alkyl halides is 1. The summed E-state index contributed by atoms with van der Waals surface area (Å²) in [5.74, 6) is 1.56. The van der Waals surface area contributed by atoms with E-state index in [1.165, 1.54) is 43.2 Å². The van der Waals surface area contributed by atoms with Gasteiger partial charge in [0, 0.05) is 5.33 Å². The number of hydrogen-bond acceptors (Lipinski definition) is 0. The molecule has 0 aliphatic heterocycles. The first kappa shape index (κ1) is 15.8. The maximum Gasteiger partial charge on any atom is 0.0100 e. The highest BCUT2D eigenvalue weighted by Crippen LogP contribution is 2.30. The third-order valence-electron chi connectivity index (χ3n) is 3.86. The maximum absolute atomic E-state index is 3.70. The molecule has 0 heterocycles. The number of aryl methyl sites for hydroxylation is 1. The molecule has 0 aliphatic rings. The molecule has 2 atom stereocenters. The molecule has 0 aliphatic carbocycles. The van der Waals surface area contributed by atoms with Gasteiger partial charge in [-0.1, -0.05) is 85.3 Å². The van der Waals surface area contributed by atoms with Crippen LogP contribution in [-0.2, 0) is 0 Å². The van der Waals surface area contributed by atoms with Gasteiger partial charge in [-0.2, -0.15) is 0 Å². The predicted molar refractivity (Wildman–Crippen MR) is 85.6 cm³/mol. The SMILES string of the molecule is CCCCC(CC)CC(CBr)c1cccc(C)c1. The second kappa shape index (κ2) is 8.74. The van der Waals surface area contributed by atoms with E-state index in [9.17, 15) is 0 Å². The molecule has 1 aromatic carbocycles. The summed E-state index contributed by atoms with van der Waals surface area (Å²) in [6, 6.07) is 9.00. The van der Waals surface area contributed by atoms with Gasteiger partial charge in [0.2, 0.25) is 0 Å². The standard InChI is InChI=1S/C17H27Br/c1-4-6-9-15(5-2)12-17(13-18)16-10-7-8-14(3)11-16/h7-8,10-11,15,17H,4-6,9,12-13H2,1-3H3. The molecule has 0 aromatic heterocycles. The van der Waals surface area contributed by atoms with Gasteiger partial charge in [-0.05, 0) is 30.7 Å². The molecule has 1 rings (SSSR count). The van der Waals surface area contributed by atoms with Crippen LogP contribution in [0.2, 0.25) is 0 Å². The van der Waals surface area contributed by atoms with E-state index < -0.39 is 0 Å². The molecule has 0 saturated carbocycles. The Morgan fingerprint density at radius 2 is 2.00 bits per heavy atom. The van der Waals surface area contributed by atoms with Crippen LogP contribution in [-0.4, -0.2) is 5.33 Å². The van der Waals surface area contributed by atoms with Gasteiger partial charge < -0.3 is 0 Å². The summed E-state index contributed by atoms with van der Waals surface area (Å²) >= 11 is 3.70. The fourth-order valence-electron chi connectivity index (χ4n) is 2.60. The van der Waals surface area contributed by atoms with Crippen LogP contribution in [0.15, 0.2) is 24.3 Å². The Morgan fingerprint density at radius 3 is 2.56 bits per heavy atom. The quantitative estimate of drug-likeness (QED) is 0.510. The van der Waals surface area contributed by atoms with Gasteiger partial charge in [-0.25, -0.2) is 0 Å². The Kier molecular flexibility index (Phi) is 7.65. The molecule has 0 bridgehead atoms. The van der Waals surface area contributed by atoms with E-state index in [4.69, 9.17) is 0 Å². The van der Waals surface area contributed by atoms with Crippen LogP contribution in [0, 0.1) is 12.8 Å². The zero-order valence-electron chi connectivity index (χ0n) is 12.1. The average Bonchev–Trinajstić information content (AvgIpc) is 2.39. The molecule has 0 fully saturated rings. The molecule has 0 amide bonds. The van der Waals surface area contributed by atoms with E-state index in [0.29, 0.717) is 5.92 Å². The van der Waals surface area contributed by atoms with Crippen molar-refractivity contribution in [3.63, 3.8) is 0 Å². The van der Waals surface area contributed by atoms with E-state index in [1.807, 2.05) is 0 Å². The van der Waals surface area contributed by atoms with Gasteiger partial charge in [-0.3, -0.25) is 0 Å². The van der Waals surface area contributed by atoms with E-state index >= 15 is 0 Å². The predicted octanol–water partition coefficient (Wildman–Crippen LogP) is 6.08. The minimum Gasteiger partial charge on any atom is -0.0921 e. The number of benzene rings is 1. The van der Waals surface area contributed by atoms with Crippen LogP contribution in [0.5, 0.6) is 0 Å². The lowest BCUT2D eigenvalue weighted by Gasteiger charge is -2.22. The van der Waals surface area contributed by atoms with Crippen molar-refractivity contribution >= 4 is 15.9 Å². The number of halogens is 1. The summed E-state index contributed by atoms with van der Waals surface area (Å²) in [7, 11) is 0. The van der Waals surface area contributed by atoms with Crippen LogP contribution in [0.3, 0.4) is 0 Å². The van der Waals surface area contributed by atoms with Crippen LogP contribution in [0.25, 0.3) is 0 Å². The van der Waals surface area contributed by atoms with E-state index in [0.717, 1.165) is 11.2 Å². The summed E-state index contributed by atoms with van der Waals surface area (Å²) in [6.07, 6.45) is 6.73. The Balaban J connectivity index is 2.65. The van der Waals surface area contributed by atoms with E-state index in [1.54, 1.807) is 0 Å². The van der Waals surface area contributed by atoms with Gasteiger partial charge in [0.15, 0.2) is 0 Å². The molecule has 102 valence electrons. The highest BCUT2D eigenvalue weighted by atomic mass is 79.9. The molecule has 1 heteroatoms. The maximum atomic E-state index is 3.70. The molecule has 0 nitrogen and oxygen atoms in total. The monoisotopic (exact) mass is 310 g/mol. The fourth-order valence-corrected chi connectivity index (χ4v) is 3.23. The van der Waals surface area contributed by atoms with Crippen molar-refractivity contribution in [2.75, 3.05) is 5.33 Å². The average molecular weight is 311 g/mol.